The number of aromatic nitrogens is 1. The SMILES string of the molecule is CO[C@@]1(c2cccc3[nH]ccc23)CCCNC1. The molecule has 3 nitrogen and oxygen atoms in total. The second-order valence-electron chi connectivity index (χ2n) is 4.72. The topological polar surface area (TPSA) is 37.0 Å². The standard InChI is InChI=1S/C14H18N2O/c1-17-14(7-3-8-15-10-14)12-4-2-5-13-11(12)6-9-16-13/h2,4-6,9,15-16H,3,7-8,10H2,1H3/t14-/m0/s1. The molecule has 1 fully saturated rings. The van der Waals surface area contributed by atoms with Crippen LogP contribution >= 0.6 is 0 Å². The third-order valence-corrected chi connectivity index (χ3v) is 3.82. The molecule has 0 bridgehead atoms. The fraction of sp³-hybridized carbons (Fsp3) is 0.429. The number of ether oxygens (including phenoxy) is 1. The highest BCUT2D eigenvalue weighted by molar-refractivity contribution is 5.83. The normalized spacial score (nSPS) is 25.2. The molecule has 0 saturated carbocycles. The molecule has 0 unspecified atom stereocenters. The Balaban J connectivity index is 2.14. The second kappa shape index (κ2) is 4.17. The largest absolute Gasteiger partial charge is 0.372 e. The van der Waals surface area contributed by atoms with Crippen molar-refractivity contribution in [3.8, 4) is 0 Å². The number of H-pyrrole nitrogens is 1. The highest BCUT2D eigenvalue weighted by atomic mass is 16.5. The van der Waals surface area contributed by atoms with Crippen LogP contribution in [0.5, 0.6) is 0 Å². The highest BCUT2D eigenvalue weighted by Crippen LogP contribution is 2.36. The van der Waals surface area contributed by atoms with Gasteiger partial charge in [-0.15, -0.1) is 0 Å². The van der Waals surface area contributed by atoms with Gasteiger partial charge in [0.25, 0.3) is 0 Å². The molecule has 0 aliphatic carbocycles. The molecular weight excluding hydrogens is 212 g/mol. The fourth-order valence-electron chi connectivity index (χ4n) is 2.87. The van der Waals surface area contributed by atoms with E-state index in [0.29, 0.717) is 0 Å². The molecule has 2 N–H and O–H groups in total. The van der Waals surface area contributed by atoms with Crippen molar-refractivity contribution in [3.05, 3.63) is 36.0 Å². The van der Waals surface area contributed by atoms with Gasteiger partial charge in [-0.2, -0.15) is 0 Å². The van der Waals surface area contributed by atoms with E-state index in [1.54, 1.807) is 0 Å². The second-order valence-corrected chi connectivity index (χ2v) is 4.72. The van der Waals surface area contributed by atoms with E-state index in [1.807, 2.05) is 13.3 Å². The molecule has 0 radical (unpaired) electrons. The third kappa shape index (κ3) is 1.66. The van der Waals surface area contributed by atoms with Gasteiger partial charge in [-0.05, 0) is 37.1 Å². The first kappa shape index (κ1) is 10.8. The van der Waals surface area contributed by atoms with E-state index in [4.69, 9.17) is 4.74 Å². The van der Waals surface area contributed by atoms with Gasteiger partial charge in [0.2, 0.25) is 0 Å². The Morgan fingerprint density at radius 3 is 3.00 bits per heavy atom. The molecule has 90 valence electrons. The van der Waals surface area contributed by atoms with Crippen molar-refractivity contribution in [3.63, 3.8) is 0 Å². The van der Waals surface area contributed by atoms with Gasteiger partial charge in [0.05, 0.1) is 0 Å². The summed E-state index contributed by atoms with van der Waals surface area (Å²) in [4.78, 5) is 3.26. The number of methoxy groups -OCH3 is 1. The van der Waals surface area contributed by atoms with Gasteiger partial charge >= 0.3 is 0 Å². The maximum atomic E-state index is 5.87. The zero-order valence-electron chi connectivity index (χ0n) is 10.1. The Bertz CT molecular complexity index is 512. The Hall–Kier alpha value is -1.32. The van der Waals surface area contributed by atoms with Crippen LogP contribution in [0.2, 0.25) is 0 Å². The minimum Gasteiger partial charge on any atom is -0.372 e. The molecule has 17 heavy (non-hydrogen) atoms. The van der Waals surface area contributed by atoms with Crippen LogP contribution < -0.4 is 5.32 Å². The van der Waals surface area contributed by atoms with Gasteiger partial charge in [-0.1, -0.05) is 12.1 Å². The lowest BCUT2D eigenvalue weighted by Crippen LogP contribution is -2.44. The number of aromatic amines is 1. The molecule has 1 saturated heterocycles. The van der Waals surface area contributed by atoms with Crippen LogP contribution in [0.3, 0.4) is 0 Å². The van der Waals surface area contributed by atoms with Gasteiger partial charge in [0, 0.05) is 30.8 Å². The van der Waals surface area contributed by atoms with Crippen LogP contribution in [0.4, 0.5) is 0 Å². The number of piperidine rings is 1. The fourth-order valence-corrected chi connectivity index (χ4v) is 2.87. The van der Waals surface area contributed by atoms with E-state index in [1.165, 1.54) is 16.5 Å². The lowest BCUT2D eigenvalue weighted by Gasteiger charge is -2.37. The summed E-state index contributed by atoms with van der Waals surface area (Å²) in [5.41, 5.74) is 2.32. The summed E-state index contributed by atoms with van der Waals surface area (Å²) in [7, 11) is 1.82. The van der Waals surface area contributed by atoms with E-state index < -0.39 is 0 Å². The molecule has 1 aliphatic rings. The van der Waals surface area contributed by atoms with Crippen LogP contribution in [0.25, 0.3) is 10.9 Å². The Kier molecular flexibility index (Phi) is 2.65. The maximum Gasteiger partial charge on any atom is 0.106 e. The molecular formula is C14H18N2O. The summed E-state index contributed by atoms with van der Waals surface area (Å²) in [6.45, 7) is 1.99. The molecule has 1 atom stereocenters. The third-order valence-electron chi connectivity index (χ3n) is 3.82. The van der Waals surface area contributed by atoms with Crippen molar-refractivity contribution in [1.29, 1.82) is 0 Å². The Labute approximate surface area is 101 Å². The summed E-state index contributed by atoms with van der Waals surface area (Å²) in [6, 6.07) is 8.54. The number of rotatable bonds is 2. The molecule has 3 heteroatoms. The number of nitrogens with one attached hydrogen (secondary N) is 2. The zero-order chi connectivity index (χ0) is 11.7. The molecule has 1 aliphatic heterocycles. The van der Waals surface area contributed by atoms with Gasteiger partial charge in [-0.25, -0.2) is 0 Å². The summed E-state index contributed by atoms with van der Waals surface area (Å²) in [5.74, 6) is 0. The molecule has 1 aromatic heterocycles. The van der Waals surface area contributed by atoms with Gasteiger partial charge in [-0.3, -0.25) is 0 Å². The first-order valence-corrected chi connectivity index (χ1v) is 6.18. The predicted molar refractivity (Wildman–Crippen MR) is 69.1 cm³/mol. The zero-order valence-corrected chi connectivity index (χ0v) is 10.1. The van der Waals surface area contributed by atoms with Crippen LogP contribution in [0, 0.1) is 0 Å². The van der Waals surface area contributed by atoms with Gasteiger partial charge < -0.3 is 15.0 Å². The Morgan fingerprint density at radius 2 is 2.24 bits per heavy atom. The average Bonchev–Trinajstić information content (AvgIpc) is 2.87. The quantitative estimate of drug-likeness (QED) is 0.831. The van der Waals surface area contributed by atoms with Crippen molar-refractivity contribution >= 4 is 10.9 Å². The van der Waals surface area contributed by atoms with E-state index in [-0.39, 0.29) is 5.60 Å². The average molecular weight is 230 g/mol. The van der Waals surface area contributed by atoms with Crippen molar-refractivity contribution in [2.45, 2.75) is 18.4 Å². The molecule has 3 rings (SSSR count). The maximum absolute atomic E-state index is 5.87. The van der Waals surface area contributed by atoms with Gasteiger partial charge in [0.15, 0.2) is 0 Å². The Morgan fingerprint density at radius 1 is 1.29 bits per heavy atom. The summed E-state index contributed by atoms with van der Waals surface area (Å²) < 4.78 is 5.87. The lowest BCUT2D eigenvalue weighted by molar-refractivity contribution is -0.0321. The summed E-state index contributed by atoms with van der Waals surface area (Å²) in [6.07, 6.45) is 4.24. The number of hydrogen-bond acceptors (Lipinski definition) is 2. The van der Waals surface area contributed by atoms with Crippen LogP contribution in [-0.4, -0.2) is 25.2 Å². The van der Waals surface area contributed by atoms with E-state index >= 15 is 0 Å². The van der Waals surface area contributed by atoms with Gasteiger partial charge in [0.1, 0.15) is 5.60 Å². The summed E-state index contributed by atoms with van der Waals surface area (Å²) >= 11 is 0. The van der Waals surface area contributed by atoms with E-state index in [2.05, 4.69) is 34.6 Å². The number of benzene rings is 1. The number of fused-ring (bicyclic) bond motifs is 1. The molecule has 2 heterocycles. The van der Waals surface area contributed by atoms with Crippen molar-refractivity contribution < 1.29 is 4.74 Å². The van der Waals surface area contributed by atoms with Crippen LogP contribution in [-0.2, 0) is 10.3 Å². The van der Waals surface area contributed by atoms with Crippen molar-refractivity contribution in [1.82, 2.24) is 10.3 Å². The monoisotopic (exact) mass is 230 g/mol. The van der Waals surface area contributed by atoms with E-state index in [9.17, 15) is 0 Å². The first-order chi connectivity index (χ1) is 8.36. The molecule has 0 amide bonds. The lowest BCUT2D eigenvalue weighted by atomic mass is 9.84. The molecule has 2 aromatic rings. The first-order valence-electron chi connectivity index (χ1n) is 6.18. The van der Waals surface area contributed by atoms with Crippen LogP contribution in [0.1, 0.15) is 18.4 Å². The minimum absolute atomic E-state index is 0.167. The minimum atomic E-state index is -0.167. The summed E-state index contributed by atoms with van der Waals surface area (Å²) in [5, 5.41) is 4.72. The predicted octanol–water partition coefficient (Wildman–Crippen LogP) is 2.39. The van der Waals surface area contributed by atoms with E-state index in [0.717, 1.165) is 25.9 Å². The smallest absolute Gasteiger partial charge is 0.106 e. The molecule has 0 spiro atoms. The van der Waals surface area contributed by atoms with Crippen molar-refractivity contribution in [2.75, 3.05) is 20.2 Å². The van der Waals surface area contributed by atoms with Crippen LogP contribution in [0.15, 0.2) is 30.5 Å². The molecule has 1 aromatic carbocycles. The number of hydrogen-bond donors (Lipinski definition) is 2. The highest BCUT2D eigenvalue weighted by Gasteiger charge is 2.35. The van der Waals surface area contributed by atoms with Crippen molar-refractivity contribution in [2.24, 2.45) is 0 Å².